The van der Waals surface area contributed by atoms with Crippen LogP contribution in [-0.2, 0) is 4.74 Å². The zero-order valence-corrected chi connectivity index (χ0v) is 13.7. The number of fused-ring (bicyclic) bond motifs is 2. The third kappa shape index (κ3) is 3.91. The van der Waals surface area contributed by atoms with Crippen molar-refractivity contribution in [2.45, 2.75) is 77.0 Å². The third-order valence-electron chi connectivity index (χ3n) is 5.41. The Balaban J connectivity index is 1.29. The molecule has 0 spiro atoms. The number of ether oxygens (including phenoxy) is 1. The quantitative estimate of drug-likeness (QED) is 0.838. The first kappa shape index (κ1) is 15.1. The minimum absolute atomic E-state index is 0.279. The molecule has 0 aromatic rings. The molecule has 0 aromatic carbocycles. The first-order valence-corrected chi connectivity index (χ1v) is 8.62. The molecule has 0 aliphatic heterocycles. The van der Waals surface area contributed by atoms with Gasteiger partial charge >= 0.3 is 6.09 Å². The SMILES string of the molecule is CC(C)(C)OC(=O)NC1CC(NCC2CC3CCC2C3)C1. The zero-order chi connectivity index (χ0) is 15.0. The van der Waals surface area contributed by atoms with Crippen LogP contribution in [-0.4, -0.2) is 30.3 Å². The molecule has 3 saturated carbocycles. The van der Waals surface area contributed by atoms with Crippen molar-refractivity contribution in [3.63, 3.8) is 0 Å². The van der Waals surface area contributed by atoms with Crippen LogP contribution in [0.25, 0.3) is 0 Å². The normalized spacial score (nSPS) is 38.1. The standard InChI is InChI=1S/C17H30N2O2/c1-17(2,3)21-16(20)19-15-8-14(9-15)18-10-13-7-11-4-5-12(13)6-11/h11-15,18H,4-10H2,1-3H3,(H,19,20). The van der Waals surface area contributed by atoms with Gasteiger partial charge in [-0.25, -0.2) is 4.79 Å². The van der Waals surface area contributed by atoms with Gasteiger partial charge in [0.25, 0.3) is 0 Å². The molecule has 0 heterocycles. The number of nitrogens with one attached hydrogen (secondary N) is 2. The topological polar surface area (TPSA) is 50.4 Å². The number of hydrogen-bond donors (Lipinski definition) is 2. The molecule has 0 saturated heterocycles. The Morgan fingerprint density at radius 3 is 2.43 bits per heavy atom. The molecule has 0 aromatic heterocycles. The molecule has 3 aliphatic carbocycles. The van der Waals surface area contributed by atoms with Crippen molar-refractivity contribution in [3.8, 4) is 0 Å². The van der Waals surface area contributed by atoms with Crippen LogP contribution in [0, 0.1) is 17.8 Å². The van der Waals surface area contributed by atoms with Crippen molar-refractivity contribution >= 4 is 6.09 Å². The lowest BCUT2D eigenvalue weighted by atomic mass is 9.84. The molecule has 3 atom stereocenters. The summed E-state index contributed by atoms with van der Waals surface area (Å²) in [5.41, 5.74) is -0.409. The Bertz CT molecular complexity index is 385. The summed E-state index contributed by atoms with van der Waals surface area (Å²) in [6.07, 6.45) is 7.68. The van der Waals surface area contributed by atoms with E-state index in [0.29, 0.717) is 6.04 Å². The number of rotatable bonds is 4. The van der Waals surface area contributed by atoms with Crippen molar-refractivity contribution in [3.05, 3.63) is 0 Å². The van der Waals surface area contributed by atoms with Crippen molar-refractivity contribution < 1.29 is 9.53 Å². The van der Waals surface area contributed by atoms with Gasteiger partial charge in [-0.1, -0.05) is 6.42 Å². The first-order chi connectivity index (χ1) is 9.89. The van der Waals surface area contributed by atoms with E-state index in [9.17, 15) is 4.79 Å². The lowest BCUT2D eigenvalue weighted by molar-refractivity contribution is 0.0464. The van der Waals surface area contributed by atoms with Crippen molar-refractivity contribution in [2.75, 3.05) is 6.54 Å². The van der Waals surface area contributed by atoms with E-state index in [1.165, 1.54) is 32.2 Å². The molecule has 21 heavy (non-hydrogen) atoms. The predicted octanol–water partition coefficient (Wildman–Crippen LogP) is 3.07. The van der Waals surface area contributed by atoms with Crippen LogP contribution in [0.4, 0.5) is 4.79 Å². The monoisotopic (exact) mass is 294 g/mol. The number of amides is 1. The van der Waals surface area contributed by atoms with E-state index in [2.05, 4.69) is 10.6 Å². The van der Waals surface area contributed by atoms with E-state index in [-0.39, 0.29) is 12.1 Å². The Morgan fingerprint density at radius 2 is 1.86 bits per heavy atom. The fraction of sp³-hybridized carbons (Fsp3) is 0.941. The van der Waals surface area contributed by atoms with Crippen LogP contribution < -0.4 is 10.6 Å². The lowest BCUT2D eigenvalue weighted by Crippen LogP contribution is -2.54. The highest BCUT2D eigenvalue weighted by molar-refractivity contribution is 5.68. The Labute approximate surface area is 128 Å². The Kier molecular flexibility index (Phi) is 4.17. The van der Waals surface area contributed by atoms with Crippen molar-refractivity contribution in [2.24, 2.45) is 17.8 Å². The van der Waals surface area contributed by atoms with Crippen molar-refractivity contribution in [1.29, 1.82) is 0 Å². The number of carbonyl (C=O) groups is 1. The molecular weight excluding hydrogens is 264 g/mol. The average molecular weight is 294 g/mol. The van der Waals surface area contributed by atoms with Gasteiger partial charge in [0, 0.05) is 12.1 Å². The summed E-state index contributed by atoms with van der Waals surface area (Å²) in [4.78, 5) is 11.7. The van der Waals surface area contributed by atoms with E-state index < -0.39 is 5.60 Å². The number of alkyl carbamates (subject to hydrolysis) is 1. The van der Waals surface area contributed by atoms with Crippen molar-refractivity contribution in [1.82, 2.24) is 10.6 Å². The van der Waals surface area contributed by atoms with E-state index in [1.807, 2.05) is 20.8 Å². The fourth-order valence-corrected chi connectivity index (χ4v) is 4.32. The Hall–Kier alpha value is -0.770. The van der Waals surface area contributed by atoms with Gasteiger partial charge in [-0.2, -0.15) is 0 Å². The highest BCUT2D eigenvalue weighted by Gasteiger charge is 2.40. The summed E-state index contributed by atoms with van der Waals surface area (Å²) in [6.45, 7) is 6.87. The van der Waals surface area contributed by atoms with Crippen LogP contribution >= 0.6 is 0 Å². The molecule has 3 unspecified atom stereocenters. The van der Waals surface area contributed by atoms with E-state index >= 15 is 0 Å². The predicted molar refractivity (Wildman–Crippen MR) is 83.1 cm³/mol. The summed E-state index contributed by atoms with van der Waals surface area (Å²) in [6, 6.07) is 0.876. The van der Waals surface area contributed by atoms with Crippen LogP contribution in [0.15, 0.2) is 0 Å². The highest BCUT2D eigenvalue weighted by atomic mass is 16.6. The second-order valence-corrected chi connectivity index (χ2v) is 8.35. The number of hydrogen-bond acceptors (Lipinski definition) is 3. The van der Waals surface area contributed by atoms with Gasteiger partial charge in [-0.05, 0) is 77.2 Å². The maximum Gasteiger partial charge on any atom is 0.407 e. The molecule has 3 fully saturated rings. The third-order valence-corrected chi connectivity index (χ3v) is 5.41. The zero-order valence-electron chi connectivity index (χ0n) is 13.7. The van der Waals surface area contributed by atoms with Gasteiger partial charge in [0.2, 0.25) is 0 Å². The second-order valence-electron chi connectivity index (χ2n) is 8.35. The summed E-state index contributed by atoms with van der Waals surface area (Å²) in [5.74, 6) is 2.95. The summed E-state index contributed by atoms with van der Waals surface area (Å²) in [5, 5.41) is 6.66. The van der Waals surface area contributed by atoms with Gasteiger partial charge in [-0.15, -0.1) is 0 Å². The lowest BCUT2D eigenvalue weighted by Gasteiger charge is -2.38. The smallest absolute Gasteiger partial charge is 0.407 e. The van der Waals surface area contributed by atoms with E-state index in [1.54, 1.807) is 0 Å². The molecule has 120 valence electrons. The Morgan fingerprint density at radius 1 is 1.10 bits per heavy atom. The molecule has 2 bridgehead atoms. The van der Waals surface area contributed by atoms with Crippen LogP contribution in [0.1, 0.15) is 59.3 Å². The first-order valence-electron chi connectivity index (χ1n) is 8.62. The van der Waals surface area contributed by atoms with Gasteiger partial charge < -0.3 is 15.4 Å². The molecule has 3 rings (SSSR count). The summed E-state index contributed by atoms with van der Waals surface area (Å²) >= 11 is 0. The van der Waals surface area contributed by atoms with Crippen LogP contribution in [0.2, 0.25) is 0 Å². The molecular formula is C17H30N2O2. The number of carbonyl (C=O) groups excluding carboxylic acids is 1. The molecule has 1 amide bonds. The second kappa shape index (κ2) is 5.79. The maximum atomic E-state index is 11.7. The molecule has 4 nitrogen and oxygen atoms in total. The van der Waals surface area contributed by atoms with Gasteiger partial charge in [0.05, 0.1) is 0 Å². The van der Waals surface area contributed by atoms with Gasteiger partial charge in [0.15, 0.2) is 0 Å². The highest BCUT2D eigenvalue weighted by Crippen LogP contribution is 2.48. The maximum absolute atomic E-state index is 11.7. The summed E-state index contributed by atoms with van der Waals surface area (Å²) < 4.78 is 5.28. The van der Waals surface area contributed by atoms with Gasteiger partial charge in [0.1, 0.15) is 5.60 Å². The fourth-order valence-electron chi connectivity index (χ4n) is 4.32. The molecule has 0 radical (unpaired) electrons. The average Bonchev–Trinajstić information content (AvgIpc) is 2.91. The van der Waals surface area contributed by atoms with E-state index in [0.717, 1.165) is 30.6 Å². The minimum atomic E-state index is -0.409. The van der Waals surface area contributed by atoms with Crippen LogP contribution in [0.3, 0.4) is 0 Å². The van der Waals surface area contributed by atoms with Crippen LogP contribution in [0.5, 0.6) is 0 Å². The van der Waals surface area contributed by atoms with E-state index in [4.69, 9.17) is 4.74 Å². The molecule has 2 N–H and O–H groups in total. The molecule has 4 heteroatoms. The largest absolute Gasteiger partial charge is 0.444 e. The summed E-state index contributed by atoms with van der Waals surface area (Å²) in [7, 11) is 0. The molecule has 3 aliphatic rings. The van der Waals surface area contributed by atoms with Gasteiger partial charge in [-0.3, -0.25) is 0 Å². The minimum Gasteiger partial charge on any atom is -0.444 e.